The van der Waals surface area contributed by atoms with E-state index in [-0.39, 0.29) is 72.0 Å². The third-order valence-electron chi connectivity index (χ3n) is 16.3. The number of hydrogen-bond donors (Lipinski definition) is 14. The zero-order valence-corrected chi connectivity index (χ0v) is 53.8. The number of alkyl carbamates (subject to hydrolysis) is 1. The Morgan fingerprint density at radius 1 is 0.520 bits per heavy atom. The minimum atomic E-state index is -2.28. The van der Waals surface area contributed by atoms with E-state index in [4.69, 9.17) is 46.9 Å². The van der Waals surface area contributed by atoms with E-state index in [0.29, 0.717) is 0 Å². The zero-order chi connectivity index (χ0) is 71.3. The van der Waals surface area contributed by atoms with Crippen LogP contribution in [0.3, 0.4) is 0 Å². The van der Waals surface area contributed by atoms with Gasteiger partial charge in [-0.2, -0.15) is 0 Å². The van der Waals surface area contributed by atoms with Crippen molar-refractivity contribution < 1.29 is 103 Å². The molecule has 0 unspecified atom stereocenters. The molecule has 512 valence electrons. The van der Waals surface area contributed by atoms with Crippen LogP contribution in [0.2, 0.25) is 10.0 Å². The fourth-order valence-electron chi connectivity index (χ4n) is 11.6. The molecule has 0 spiro atoms. The van der Waals surface area contributed by atoms with E-state index in [0.717, 1.165) is 66.7 Å². The Bertz CT molecular complexity index is 4760. The van der Waals surface area contributed by atoms with Gasteiger partial charge in [0.1, 0.15) is 88.2 Å². The summed E-state index contributed by atoms with van der Waals surface area (Å²) >= 11 is 13.9. The van der Waals surface area contributed by atoms with Gasteiger partial charge in [0.15, 0.2) is 29.0 Å². The first-order chi connectivity index (χ1) is 47.5. The molecule has 7 amide bonds. The number of hydrogen-bond acceptors (Lipinski definition) is 21. The van der Waals surface area contributed by atoms with E-state index in [1.165, 1.54) is 72.8 Å². The van der Waals surface area contributed by atoms with Gasteiger partial charge in [0, 0.05) is 35.2 Å². The van der Waals surface area contributed by atoms with Crippen LogP contribution in [0.4, 0.5) is 4.79 Å². The van der Waals surface area contributed by atoms with Crippen LogP contribution in [0, 0.1) is 0 Å². The van der Waals surface area contributed by atoms with E-state index >= 15 is 24.0 Å². The zero-order valence-electron chi connectivity index (χ0n) is 52.3. The van der Waals surface area contributed by atoms with Crippen molar-refractivity contribution in [3.05, 3.63) is 200 Å². The van der Waals surface area contributed by atoms with Gasteiger partial charge < -0.3 is 96.6 Å². The first kappa shape index (κ1) is 67.7. The molecular weight excluding hydrogens is 1350 g/mol. The van der Waals surface area contributed by atoms with Crippen molar-refractivity contribution >= 4 is 76.7 Å². The fraction of sp³-hybridized carbons (Fsp3) is 0.186. The Kier molecular flexibility index (Phi) is 18.3. The van der Waals surface area contributed by atoms with Gasteiger partial charge >= 0.3 is 18.0 Å². The molecule has 8 atom stereocenters. The molecule has 0 radical (unpaired) electrons. The van der Waals surface area contributed by atoms with Crippen LogP contribution in [0.15, 0.2) is 146 Å². The van der Waals surface area contributed by atoms with Crippen LogP contribution in [0.5, 0.6) is 69.0 Å². The van der Waals surface area contributed by atoms with E-state index in [9.17, 15) is 54.9 Å². The third-order valence-corrected chi connectivity index (χ3v) is 16.8. The van der Waals surface area contributed by atoms with Gasteiger partial charge in [-0.1, -0.05) is 65.7 Å². The lowest BCUT2D eigenvalue weighted by Crippen LogP contribution is -2.55. The Morgan fingerprint density at radius 3 is 1.78 bits per heavy atom. The molecule has 28 nitrogen and oxygen atoms in total. The van der Waals surface area contributed by atoms with Gasteiger partial charge in [0.05, 0.1) is 15.6 Å². The van der Waals surface area contributed by atoms with Gasteiger partial charge in [-0.25, -0.2) is 14.4 Å². The lowest BCUT2D eigenvalue weighted by molar-refractivity contribution is -0.144. The molecule has 14 N–H and O–H groups in total. The second kappa shape index (κ2) is 27.0. The predicted octanol–water partition coefficient (Wildman–Crippen LogP) is 7.85. The molecule has 30 heteroatoms. The number of carbonyl (C=O) groups is 9. The maximum absolute atomic E-state index is 16.0. The quantitative estimate of drug-likeness (QED) is 0.0591. The SMILES string of the molecule is CC(C)(C)OC(=O)N[C@@H]1C(=O)N[C@@H]2Cc3ccc(c(Cl)c3)Oc3cc4cc(c3O)Oc3ccc(cc3Cl)[C@@H](O)[C@@H]3NC(=O)[C@H](NC(=O)[C@@H]4NC(=O)[C@@H](NC2=O)c2cc(O)cc(c2)Oc2cc1ccc2O)c1ccc(O)c(c1)-c1c(O)cc(O)cc1[C@@H](C(=O)OC(=O)c1ccccc1)NC3=O. The van der Waals surface area contributed by atoms with Gasteiger partial charge in [-0.15, -0.1) is 0 Å². The van der Waals surface area contributed by atoms with E-state index in [1.807, 2.05) is 0 Å². The van der Waals surface area contributed by atoms with Crippen LogP contribution in [0.25, 0.3) is 11.1 Å². The van der Waals surface area contributed by atoms with E-state index in [1.54, 1.807) is 26.8 Å². The number of ether oxygens (including phenoxy) is 5. The maximum atomic E-state index is 16.0. The van der Waals surface area contributed by atoms with Crippen molar-refractivity contribution in [1.82, 2.24) is 37.2 Å². The Labute approximate surface area is 575 Å². The summed E-state index contributed by atoms with van der Waals surface area (Å²) in [6.45, 7) is 4.71. The molecule has 8 aromatic rings. The molecule has 0 aliphatic carbocycles. The highest BCUT2D eigenvalue weighted by Crippen LogP contribution is 2.48. The fourth-order valence-corrected chi connectivity index (χ4v) is 12.0. The summed E-state index contributed by atoms with van der Waals surface area (Å²) in [5.41, 5.74) is -3.75. The van der Waals surface area contributed by atoms with Gasteiger partial charge in [-0.3, -0.25) is 28.8 Å². The first-order valence-electron chi connectivity index (χ1n) is 30.4. The number of phenols is 6. The number of rotatable bonds is 3. The number of phenolic OH excluding ortho intramolecular Hbond substituents is 6. The van der Waals surface area contributed by atoms with Gasteiger partial charge in [-0.05, 0) is 145 Å². The molecule has 100 heavy (non-hydrogen) atoms. The summed E-state index contributed by atoms with van der Waals surface area (Å²) in [6, 6.07) is 14.0. The molecular formula is C70H57Cl2N7O21. The number of benzene rings is 8. The van der Waals surface area contributed by atoms with Crippen molar-refractivity contribution in [3.63, 3.8) is 0 Å². The summed E-state index contributed by atoms with van der Waals surface area (Å²) in [6.07, 6.45) is -3.74. The lowest BCUT2D eigenvalue weighted by Gasteiger charge is -2.31. The average Bonchev–Trinajstić information content (AvgIpc) is 0.704. The monoisotopic (exact) mass is 1400 g/mol. The van der Waals surface area contributed by atoms with Crippen LogP contribution >= 0.6 is 23.2 Å². The van der Waals surface area contributed by atoms with Crippen molar-refractivity contribution in [2.24, 2.45) is 0 Å². The first-order valence-corrected chi connectivity index (χ1v) is 31.1. The van der Waals surface area contributed by atoms with Crippen LogP contribution in [-0.2, 0) is 49.5 Å². The van der Waals surface area contributed by atoms with Crippen LogP contribution in [-0.4, -0.2) is 107 Å². The molecule has 6 aliphatic rings. The topological polar surface area (TPSA) is 426 Å². The summed E-state index contributed by atoms with van der Waals surface area (Å²) in [5, 5.41) is 99.0. The highest BCUT2D eigenvalue weighted by atomic mass is 35.5. The highest BCUT2D eigenvalue weighted by molar-refractivity contribution is 6.32. The molecule has 17 bridgehead atoms. The molecule has 0 fully saturated rings. The van der Waals surface area contributed by atoms with Crippen molar-refractivity contribution in [1.29, 1.82) is 0 Å². The highest BCUT2D eigenvalue weighted by Gasteiger charge is 2.42. The molecule has 0 saturated carbocycles. The number of aromatic hydroxyl groups is 6. The molecule has 6 aliphatic heterocycles. The number of aliphatic hydroxyl groups is 1. The third kappa shape index (κ3) is 14.1. The molecule has 6 heterocycles. The maximum Gasteiger partial charge on any atom is 0.408 e. The average molecular weight is 1400 g/mol. The van der Waals surface area contributed by atoms with Crippen molar-refractivity contribution in [2.45, 2.75) is 81.2 Å². The number of carbonyl (C=O) groups excluding carboxylic acids is 9. The number of nitrogens with one attached hydrogen (secondary N) is 7. The Balaban J connectivity index is 1.05. The van der Waals surface area contributed by atoms with Crippen LogP contribution in [0.1, 0.15) is 106 Å². The number of fused-ring (bicyclic) bond motifs is 14. The van der Waals surface area contributed by atoms with Gasteiger partial charge in [0.25, 0.3) is 0 Å². The Hall–Kier alpha value is -12.3. The molecule has 14 rings (SSSR count). The second-order valence-corrected chi connectivity index (χ2v) is 25.3. The standard InChI is InChI=1S/C70H57Cl2N7O21/c1-70(2,3)100-69(95)79-54-32-11-14-45(83)49(23-32)96-38-20-34(19-36(80)26-38)55-64(90)76-56-35-24-50(97-47-15-9-29(17-41(47)71)18-43(61(87)74-55)73-62(54)88)60(86)51(25-35)98-48-16-12-33(22-42(48)72)59(85)58-66(92)77-57(68(94)99-67(93)30-7-5-4-6-8-30)40-27-37(81)28-46(84)52(40)39-21-31(10-13-44(39)82)53(63(89)78-58)75-65(56)91/h4-17,19-28,43,53-59,80-86H,18H2,1-3H3,(H,73,88)(H,74,87)(H,75,91)(H,76,90)(H,77,92)(H,78,89)(H,79,95)/t43-,53-,54+,55+,56-,57+,58+,59-/m1/s1. The van der Waals surface area contributed by atoms with Crippen molar-refractivity contribution in [3.8, 4) is 80.1 Å². The number of amides is 7. The smallest absolute Gasteiger partial charge is 0.408 e. The van der Waals surface area contributed by atoms with E-state index < -0.39 is 177 Å². The molecule has 0 saturated heterocycles. The van der Waals surface area contributed by atoms with Gasteiger partial charge in [0.2, 0.25) is 41.2 Å². The minimum absolute atomic E-state index is 0.0160. The lowest BCUT2D eigenvalue weighted by atomic mass is 9.89. The number of esters is 2. The number of halogens is 2. The number of aliphatic hydroxyl groups excluding tert-OH is 1. The molecule has 8 aromatic carbocycles. The summed E-state index contributed by atoms with van der Waals surface area (Å²) in [4.78, 5) is 134. The summed E-state index contributed by atoms with van der Waals surface area (Å²) in [5.74, 6) is -17.0. The predicted molar refractivity (Wildman–Crippen MR) is 349 cm³/mol. The van der Waals surface area contributed by atoms with Crippen molar-refractivity contribution in [2.75, 3.05) is 0 Å². The minimum Gasteiger partial charge on any atom is -0.508 e. The largest absolute Gasteiger partial charge is 0.508 e. The second-order valence-electron chi connectivity index (χ2n) is 24.4. The van der Waals surface area contributed by atoms with Crippen LogP contribution < -0.4 is 51.4 Å². The normalized spacial score (nSPS) is 20.5. The van der Waals surface area contributed by atoms with E-state index in [2.05, 4.69) is 37.2 Å². The summed E-state index contributed by atoms with van der Waals surface area (Å²) < 4.78 is 29.4. The Morgan fingerprint density at radius 2 is 1.11 bits per heavy atom. The summed E-state index contributed by atoms with van der Waals surface area (Å²) in [7, 11) is 0. The molecule has 0 aromatic heterocycles.